The molecule has 5 heteroatoms. The summed E-state index contributed by atoms with van der Waals surface area (Å²) in [6, 6.07) is 0. The van der Waals surface area contributed by atoms with Gasteiger partial charge in [-0.3, -0.25) is 4.79 Å². The van der Waals surface area contributed by atoms with Crippen LogP contribution in [0.1, 0.15) is 19.3 Å². The number of likely N-dealkylation sites (tertiary alicyclic amines) is 1. The molecule has 0 aliphatic carbocycles. The highest BCUT2D eigenvalue weighted by Gasteiger charge is 2.40. The van der Waals surface area contributed by atoms with Crippen LogP contribution in [0, 0.1) is 5.41 Å². The average Bonchev–Trinajstić information content (AvgIpc) is 2.79. The normalized spacial score (nSPS) is 22.6. The second-order valence-corrected chi connectivity index (χ2v) is 5.36. The van der Waals surface area contributed by atoms with Crippen LogP contribution < -0.4 is 5.32 Å². The van der Waals surface area contributed by atoms with Gasteiger partial charge >= 0.3 is 0 Å². The van der Waals surface area contributed by atoms with Gasteiger partial charge in [0, 0.05) is 20.2 Å². The SMILES string of the molecule is COCCOCC(=O)N1CCC2(CCNCC2)C1. The molecule has 2 aliphatic rings. The van der Waals surface area contributed by atoms with Gasteiger partial charge in [0.1, 0.15) is 6.61 Å². The third-order valence-corrected chi connectivity index (χ3v) is 4.11. The van der Waals surface area contributed by atoms with E-state index in [1.54, 1.807) is 7.11 Å². The minimum absolute atomic E-state index is 0.126. The Balaban J connectivity index is 1.72. The van der Waals surface area contributed by atoms with Crippen LogP contribution >= 0.6 is 0 Å². The molecule has 2 rings (SSSR count). The van der Waals surface area contributed by atoms with Crippen molar-refractivity contribution in [3.8, 4) is 0 Å². The molecule has 1 spiro atoms. The number of hydrogen-bond acceptors (Lipinski definition) is 4. The molecule has 0 bridgehead atoms. The van der Waals surface area contributed by atoms with Gasteiger partial charge in [-0.05, 0) is 37.8 Å². The first-order valence-electron chi connectivity index (χ1n) is 6.81. The minimum atomic E-state index is 0.126. The number of carbonyl (C=O) groups is 1. The Kier molecular flexibility index (Phi) is 4.97. The molecule has 18 heavy (non-hydrogen) atoms. The van der Waals surface area contributed by atoms with E-state index >= 15 is 0 Å². The molecule has 0 aromatic carbocycles. The molecular weight excluding hydrogens is 232 g/mol. The number of methoxy groups -OCH3 is 1. The number of carbonyl (C=O) groups excluding carboxylic acids is 1. The van der Waals surface area contributed by atoms with Crippen LogP contribution in [0.25, 0.3) is 0 Å². The average molecular weight is 256 g/mol. The maximum atomic E-state index is 12.0. The summed E-state index contributed by atoms with van der Waals surface area (Å²) in [7, 11) is 1.63. The summed E-state index contributed by atoms with van der Waals surface area (Å²) in [6.45, 7) is 5.22. The topological polar surface area (TPSA) is 50.8 Å². The van der Waals surface area contributed by atoms with Crippen LogP contribution in [0.2, 0.25) is 0 Å². The number of nitrogens with zero attached hydrogens (tertiary/aromatic N) is 1. The second kappa shape index (κ2) is 6.50. The summed E-state index contributed by atoms with van der Waals surface area (Å²) in [4.78, 5) is 13.9. The van der Waals surface area contributed by atoms with Gasteiger partial charge < -0.3 is 19.7 Å². The van der Waals surface area contributed by atoms with Gasteiger partial charge in [0.25, 0.3) is 0 Å². The molecule has 2 fully saturated rings. The molecule has 104 valence electrons. The Morgan fingerprint density at radius 1 is 1.28 bits per heavy atom. The van der Waals surface area contributed by atoms with E-state index in [9.17, 15) is 4.79 Å². The number of nitrogens with one attached hydrogen (secondary N) is 1. The smallest absolute Gasteiger partial charge is 0.248 e. The predicted octanol–water partition coefficient (Wildman–Crippen LogP) is 0.252. The number of piperidine rings is 1. The van der Waals surface area contributed by atoms with E-state index in [-0.39, 0.29) is 12.5 Å². The lowest BCUT2D eigenvalue weighted by atomic mass is 9.78. The highest BCUT2D eigenvalue weighted by atomic mass is 16.5. The monoisotopic (exact) mass is 256 g/mol. The van der Waals surface area contributed by atoms with Crippen molar-refractivity contribution in [1.82, 2.24) is 10.2 Å². The van der Waals surface area contributed by atoms with E-state index in [0.717, 1.165) is 32.6 Å². The highest BCUT2D eigenvalue weighted by Crippen LogP contribution is 2.38. The van der Waals surface area contributed by atoms with Crippen molar-refractivity contribution in [2.24, 2.45) is 5.41 Å². The first-order chi connectivity index (χ1) is 8.76. The first-order valence-corrected chi connectivity index (χ1v) is 6.81. The van der Waals surface area contributed by atoms with Crippen LogP contribution in [0.4, 0.5) is 0 Å². The molecule has 0 unspecified atom stereocenters. The Morgan fingerprint density at radius 2 is 2.06 bits per heavy atom. The van der Waals surface area contributed by atoms with Crippen molar-refractivity contribution >= 4 is 5.91 Å². The molecule has 0 radical (unpaired) electrons. The quantitative estimate of drug-likeness (QED) is 0.717. The lowest BCUT2D eigenvalue weighted by molar-refractivity contribution is -0.136. The fourth-order valence-electron chi connectivity index (χ4n) is 2.91. The third kappa shape index (κ3) is 3.43. The maximum Gasteiger partial charge on any atom is 0.248 e. The molecule has 1 N–H and O–H groups in total. The van der Waals surface area contributed by atoms with Gasteiger partial charge in [-0.25, -0.2) is 0 Å². The fourth-order valence-corrected chi connectivity index (χ4v) is 2.91. The van der Waals surface area contributed by atoms with Crippen molar-refractivity contribution in [3.63, 3.8) is 0 Å². The number of hydrogen-bond donors (Lipinski definition) is 1. The van der Waals surface area contributed by atoms with Crippen molar-refractivity contribution in [3.05, 3.63) is 0 Å². The molecule has 5 nitrogen and oxygen atoms in total. The van der Waals surface area contributed by atoms with E-state index in [1.165, 1.54) is 12.8 Å². The molecular formula is C13H24N2O3. The summed E-state index contributed by atoms with van der Waals surface area (Å²) in [6.07, 6.45) is 3.54. The standard InChI is InChI=1S/C13H24N2O3/c1-17-8-9-18-10-12(16)15-7-4-13(11-15)2-5-14-6-3-13/h14H,2-11H2,1H3. The molecule has 2 saturated heterocycles. The van der Waals surface area contributed by atoms with Crippen LogP contribution in [-0.4, -0.2) is 63.9 Å². The van der Waals surface area contributed by atoms with Crippen LogP contribution in [-0.2, 0) is 14.3 Å². The highest BCUT2D eigenvalue weighted by molar-refractivity contribution is 5.77. The van der Waals surface area contributed by atoms with Crippen LogP contribution in [0.5, 0.6) is 0 Å². The molecule has 2 aliphatic heterocycles. The molecule has 0 aromatic heterocycles. The molecule has 0 aromatic rings. The van der Waals surface area contributed by atoms with E-state index < -0.39 is 0 Å². The van der Waals surface area contributed by atoms with E-state index in [2.05, 4.69) is 5.32 Å². The van der Waals surface area contributed by atoms with Gasteiger partial charge in [0.05, 0.1) is 13.2 Å². The summed E-state index contributed by atoms with van der Waals surface area (Å²) in [5, 5.41) is 3.39. The zero-order chi connectivity index (χ0) is 12.8. The van der Waals surface area contributed by atoms with Crippen molar-refractivity contribution in [2.75, 3.05) is 53.1 Å². The summed E-state index contributed by atoms with van der Waals surface area (Å²) >= 11 is 0. The van der Waals surface area contributed by atoms with Gasteiger partial charge in [-0.15, -0.1) is 0 Å². The molecule has 0 saturated carbocycles. The number of ether oxygens (including phenoxy) is 2. The van der Waals surface area contributed by atoms with Gasteiger partial charge in [0.15, 0.2) is 0 Å². The maximum absolute atomic E-state index is 12.0. The fraction of sp³-hybridized carbons (Fsp3) is 0.923. The van der Waals surface area contributed by atoms with Gasteiger partial charge in [0.2, 0.25) is 5.91 Å². The predicted molar refractivity (Wildman–Crippen MR) is 68.4 cm³/mol. The number of rotatable bonds is 5. The molecule has 2 heterocycles. The van der Waals surface area contributed by atoms with Crippen molar-refractivity contribution in [2.45, 2.75) is 19.3 Å². The summed E-state index contributed by atoms with van der Waals surface area (Å²) in [5.41, 5.74) is 0.382. The second-order valence-electron chi connectivity index (χ2n) is 5.36. The summed E-state index contributed by atoms with van der Waals surface area (Å²) in [5.74, 6) is 0.126. The minimum Gasteiger partial charge on any atom is -0.382 e. The van der Waals surface area contributed by atoms with Gasteiger partial charge in [-0.2, -0.15) is 0 Å². The Labute approximate surface area is 109 Å². The Morgan fingerprint density at radius 3 is 2.78 bits per heavy atom. The van der Waals surface area contributed by atoms with E-state index in [1.807, 2.05) is 4.90 Å². The molecule has 0 atom stereocenters. The molecule has 1 amide bonds. The lowest BCUT2D eigenvalue weighted by Gasteiger charge is -2.33. The van der Waals surface area contributed by atoms with Crippen LogP contribution in [0.15, 0.2) is 0 Å². The van der Waals surface area contributed by atoms with E-state index in [0.29, 0.717) is 18.6 Å². The largest absolute Gasteiger partial charge is 0.382 e. The number of amides is 1. The van der Waals surface area contributed by atoms with Crippen molar-refractivity contribution in [1.29, 1.82) is 0 Å². The Bertz CT molecular complexity index is 277. The summed E-state index contributed by atoms with van der Waals surface area (Å²) < 4.78 is 10.2. The zero-order valence-corrected chi connectivity index (χ0v) is 11.2. The third-order valence-electron chi connectivity index (χ3n) is 4.11. The lowest BCUT2D eigenvalue weighted by Crippen LogP contribution is -2.40. The zero-order valence-electron chi connectivity index (χ0n) is 11.2. The Hall–Kier alpha value is -0.650. The van der Waals surface area contributed by atoms with Crippen molar-refractivity contribution < 1.29 is 14.3 Å². The van der Waals surface area contributed by atoms with Gasteiger partial charge in [-0.1, -0.05) is 0 Å². The van der Waals surface area contributed by atoms with E-state index in [4.69, 9.17) is 9.47 Å². The first kappa shape index (κ1) is 13.8. The van der Waals surface area contributed by atoms with Crippen LogP contribution in [0.3, 0.4) is 0 Å².